The van der Waals surface area contributed by atoms with Gasteiger partial charge in [-0.3, -0.25) is 0 Å². The molecule has 1 aromatic carbocycles. The van der Waals surface area contributed by atoms with Gasteiger partial charge in [0.2, 0.25) is 0 Å². The van der Waals surface area contributed by atoms with E-state index in [1.807, 2.05) is 48.1 Å². The number of benzene rings is 1. The van der Waals surface area contributed by atoms with Crippen LogP contribution in [0.5, 0.6) is 0 Å². The SMILES string of the molecule is Cn1ccnc1CNC(N)=NCc1ccccc1. The summed E-state index contributed by atoms with van der Waals surface area (Å²) in [4.78, 5) is 8.47. The number of rotatable bonds is 4. The minimum atomic E-state index is 0.432. The molecule has 1 heterocycles. The third-order valence-electron chi connectivity index (χ3n) is 2.62. The molecule has 0 aliphatic rings. The minimum absolute atomic E-state index is 0.432. The number of nitrogens with two attached hydrogens (primary N) is 1. The number of imidazole rings is 1. The Kier molecular flexibility index (Phi) is 3.96. The molecule has 0 spiro atoms. The molecule has 3 N–H and O–H groups in total. The van der Waals surface area contributed by atoms with Crippen LogP contribution in [0.1, 0.15) is 11.4 Å². The van der Waals surface area contributed by atoms with Crippen LogP contribution in [-0.4, -0.2) is 15.5 Å². The highest BCUT2D eigenvalue weighted by Gasteiger charge is 1.99. The molecule has 94 valence electrons. The van der Waals surface area contributed by atoms with Gasteiger partial charge < -0.3 is 15.6 Å². The predicted octanol–water partition coefficient (Wildman–Crippen LogP) is 1.02. The molecule has 5 heteroatoms. The summed E-state index contributed by atoms with van der Waals surface area (Å²) in [6.07, 6.45) is 3.66. The fourth-order valence-electron chi connectivity index (χ4n) is 1.55. The average molecular weight is 243 g/mol. The molecule has 0 fully saturated rings. The van der Waals surface area contributed by atoms with Gasteiger partial charge in [-0.2, -0.15) is 0 Å². The lowest BCUT2D eigenvalue weighted by molar-refractivity contribution is 0.745. The second-order valence-corrected chi connectivity index (χ2v) is 3.99. The van der Waals surface area contributed by atoms with Crippen LogP contribution in [0.15, 0.2) is 47.7 Å². The van der Waals surface area contributed by atoms with Gasteiger partial charge in [-0.15, -0.1) is 0 Å². The summed E-state index contributed by atoms with van der Waals surface area (Å²) in [5.41, 5.74) is 6.93. The molecule has 0 aliphatic heterocycles. The third kappa shape index (κ3) is 3.35. The van der Waals surface area contributed by atoms with Crippen LogP contribution in [-0.2, 0) is 20.1 Å². The topological polar surface area (TPSA) is 68.2 Å². The lowest BCUT2D eigenvalue weighted by Crippen LogP contribution is -2.32. The molecule has 1 aromatic heterocycles. The number of hydrogen-bond acceptors (Lipinski definition) is 2. The summed E-state index contributed by atoms with van der Waals surface area (Å²) in [5, 5.41) is 3.04. The molecule has 2 rings (SSSR count). The van der Waals surface area contributed by atoms with Gasteiger partial charge in [-0.1, -0.05) is 30.3 Å². The molecular formula is C13H17N5. The number of nitrogens with one attached hydrogen (secondary N) is 1. The maximum absolute atomic E-state index is 5.79. The molecule has 0 bridgehead atoms. The van der Waals surface area contributed by atoms with Crippen LogP contribution in [0.25, 0.3) is 0 Å². The third-order valence-corrected chi connectivity index (χ3v) is 2.62. The van der Waals surface area contributed by atoms with Crippen LogP contribution in [0.4, 0.5) is 0 Å². The van der Waals surface area contributed by atoms with Gasteiger partial charge in [0.1, 0.15) is 5.82 Å². The molecule has 2 aromatic rings. The van der Waals surface area contributed by atoms with Crippen molar-refractivity contribution in [3.63, 3.8) is 0 Å². The van der Waals surface area contributed by atoms with Gasteiger partial charge in [0.15, 0.2) is 5.96 Å². The van der Waals surface area contributed by atoms with Gasteiger partial charge in [-0.25, -0.2) is 9.98 Å². The Morgan fingerprint density at radius 1 is 1.39 bits per heavy atom. The Balaban J connectivity index is 1.85. The van der Waals surface area contributed by atoms with E-state index in [4.69, 9.17) is 5.73 Å². The largest absolute Gasteiger partial charge is 0.370 e. The van der Waals surface area contributed by atoms with E-state index >= 15 is 0 Å². The highest BCUT2D eigenvalue weighted by atomic mass is 15.1. The maximum atomic E-state index is 5.79. The van der Waals surface area contributed by atoms with Gasteiger partial charge in [0, 0.05) is 19.4 Å². The van der Waals surface area contributed by atoms with Crippen molar-refractivity contribution < 1.29 is 0 Å². The number of aryl methyl sites for hydroxylation is 1. The summed E-state index contributed by atoms with van der Waals surface area (Å²) in [5.74, 6) is 1.36. The number of hydrogen-bond donors (Lipinski definition) is 2. The Bertz CT molecular complexity index is 515. The van der Waals surface area contributed by atoms with Crippen molar-refractivity contribution in [1.29, 1.82) is 0 Å². The van der Waals surface area contributed by atoms with Crippen molar-refractivity contribution in [2.45, 2.75) is 13.1 Å². The van der Waals surface area contributed by atoms with E-state index in [1.54, 1.807) is 6.20 Å². The van der Waals surface area contributed by atoms with E-state index in [9.17, 15) is 0 Å². The van der Waals surface area contributed by atoms with E-state index in [2.05, 4.69) is 15.3 Å². The van der Waals surface area contributed by atoms with E-state index in [0.717, 1.165) is 11.4 Å². The van der Waals surface area contributed by atoms with Crippen LogP contribution in [0.2, 0.25) is 0 Å². The zero-order valence-electron chi connectivity index (χ0n) is 10.4. The summed E-state index contributed by atoms with van der Waals surface area (Å²) < 4.78 is 1.94. The first-order valence-corrected chi connectivity index (χ1v) is 5.79. The van der Waals surface area contributed by atoms with Gasteiger partial charge >= 0.3 is 0 Å². The molecule has 0 radical (unpaired) electrons. The van der Waals surface area contributed by atoms with Crippen molar-refractivity contribution in [3.8, 4) is 0 Å². The van der Waals surface area contributed by atoms with Crippen molar-refractivity contribution >= 4 is 5.96 Å². The van der Waals surface area contributed by atoms with Gasteiger partial charge in [0.25, 0.3) is 0 Å². The number of aromatic nitrogens is 2. The molecule has 0 saturated heterocycles. The van der Waals surface area contributed by atoms with E-state index in [1.165, 1.54) is 0 Å². The Morgan fingerprint density at radius 3 is 2.83 bits per heavy atom. The molecule has 0 atom stereocenters. The van der Waals surface area contributed by atoms with Crippen molar-refractivity contribution in [3.05, 3.63) is 54.1 Å². The highest BCUT2D eigenvalue weighted by molar-refractivity contribution is 5.77. The van der Waals surface area contributed by atoms with E-state index in [-0.39, 0.29) is 0 Å². The first kappa shape index (κ1) is 12.2. The Hall–Kier alpha value is -2.30. The zero-order chi connectivity index (χ0) is 12.8. The predicted molar refractivity (Wildman–Crippen MR) is 71.8 cm³/mol. The summed E-state index contributed by atoms with van der Waals surface area (Å²) in [7, 11) is 1.95. The first-order valence-electron chi connectivity index (χ1n) is 5.79. The molecule has 5 nitrogen and oxygen atoms in total. The van der Waals surface area contributed by atoms with Crippen molar-refractivity contribution in [2.75, 3.05) is 0 Å². The normalized spacial score (nSPS) is 11.5. The number of guanidine groups is 1. The Morgan fingerprint density at radius 2 is 2.17 bits per heavy atom. The molecule has 0 saturated carbocycles. The number of aliphatic imine (C=N–C) groups is 1. The van der Waals surface area contributed by atoms with Crippen molar-refractivity contribution in [1.82, 2.24) is 14.9 Å². The Labute approximate surface area is 106 Å². The second-order valence-electron chi connectivity index (χ2n) is 3.99. The molecule has 0 unspecified atom stereocenters. The lowest BCUT2D eigenvalue weighted by Gasteiger charge is -2.05. The monoisotopic (exact) mass is 243 g/mol. The van der Waals surface area contributed by atoms with Crippen LogP contribution < -0.4 is 11.1 Å². The van der Waals surface area contributed by atoms with E-state index < -0.39 is 0 Å². The fourth-order valence-corrected chi connectivity index (χ4v) is 1.55. The first-order chi connectivity index (χ1) is 8.75. The van der Waals surface area contributed by atoms with Gasteiger partial charge in [-0.05, 0) is 5.56 Å². The van der Waals surface area contributed by atoms with Crippen LogP contribution in [0, 0.1) is 0 Å². The molecular weight excluding hydrogens is 226 g/mol. The second kappa shape index (κ2) is 5.86. The zero-order valence-corrected chi connectivity index (χ0v) is 10.4. The van der Waals surface area contributed by atoms with Crippen LogP contribution in [0.3, 0.4) is 0 Å². The summed E-state index contributed by atoms with van der Waals surface area (Å²) in [6, 6.07) is 10.0. The minimum Gasteiger partial charge on any atom is -0.370 e. The lowest BCUT2D eigenvalue weighted by atomic mass is 10.2. The number of nitrogens with zero attached hydrogens (tertiary/aromatic N) is 3. The standard InChI is InChI=1S/C13H17N5/c1-18-8-7-15-12(18)10-17-13(14)16-9-11-5-3-2-4-6-11/h2-8H,9-10H2,1H3,(H3,14,16,17). The van der Waals surface area contributed by atoms with E-state index in [0.29, 0.717) is 19.0 Å². The van der Waals surface area contributed by atoms with Gasteiger partial charge in [0.05, 0.1) is 13.1 Å². The maximum Gasteiger partial charge on any atom is 0.189 e. The fraction of sp³-hybridized carbons (Fsp3) is 0.231. The average Bonchev–Trinajstić information content (AvgIpc) is 2.81. The molecule has 18 heavy (non-hydrogen) atoms. The highest BCUT2D eigenvalue weighted by Crippen LogP contribution is 1.99. The smallest absolute Gasteiger partial charge is 0.189 e. The quantitative estimate of drug-likeness (QED) is 0.622. The summed E-state index contributed by atoms with van der Waals surface area (Å²) >= 11 is 0. The van der Waals surface area contributed by atoms with Crippen LogP contribution >= 0.6 is 0 Å². The molecule has 0 aliphatic carbocycles. The van der Waals surface area contributed by atoms with Crippen molar-refractivity contribution in [2.24, 2.45) is 17.8 Å². The summed E-state index contributed by atoms with van der Waals surface area (Å²) in [6.45, 7) is 1.16. The molecule has 0 amide bonds.